The topological polar surface area (TPSA) is 54.0 Å². The molecule has 0 fully saturated rings. The van der Waals surface area contributed by atoms with Gasteiger partial charge in [0.25, 0.3) is 0 Å². The molecule has 0 bridgehead atoms. The molecule has 0 aliphatic carbocycles. The molecule has 0 saturated carbocycles. The van der Waals surface area contributed by atoms with E-state index in [1.54, 1.807) is 12.1 Å². The molecule has 0 saturated heterocycles. The van der Waals surface area contributed by atoms with Gasteiger partial charge in [-0.2, -0.15) is 0 Å². The van der Waals surface area contributed by atoms with Gasteiger partial charge in [0, 0.05) is 12.1 Å². The van der Waals surface area contributed by atoms with Crippen molar-refractivity contribution >= 4 is 5.97 Å². The average Bonchev–Trinajstić information content (AvgIpc) is 2.37. The van der Waals surface area contributed by atoms with Crippen molar-refractivity contribution in [3.8, 4) is 17.2 Å². The van der Waals surface area contributed by atoms with Crippen LogP contribution in [0.5, 0.6) is 17.2 Å². The first kappa shape index (κ1) is 12.9. The van der Waals surface area contributed by atoms with Crippen LogP contribution >= 0.6 is 0 Å². The Hall–Kier alpha value is -2.17. The first-order valence-corrected chi connectivity index (χ1v) is 4.79. The van der Waals surface area contributed by atoms with E-state index in [2.05, 4.69) is 6.58 Å². The second-order valence-electron chi connectivity index (χ2n) is 2.98. The predicted molar refractivity (Wildman–Crippen MR) is 61.7 cm³/mol. The van der Waals surface area contributed by atoms with Crippen LogP contribution in [-0.2, 0) is 4.74 Å². The van der Waals surface area contributed by atoms with Crippen LogP contribution < -0.4 is 14.2 Å². The normalized spacial score (nSPS) is 9.35. The third kappa shape index (κ3) is 2.69. The number of carbonyl (C=O) groups is 1. The number of hydrogen-bond acceptors (Lipinski definition) is 5. The van der Waals surface area contributed by atoms with E-state index < -0.39 is 5.97 Å². The van der Waals surface area contributed by atoms with Crippen LogP contribution in [-0.4, -0.2) is 27.3 Å². The fourth-order valence-electron chi connectivity index (χ4n) is 1.34. The molecule has 0 unspecified atom stereocenters. The van der Waals surface area contributed by atoms with Crippen LogP contribution in [0, 0.1) is 0 Å². The second kappa shape index (κ2) is 5.79. The van der Waals surface area contributed by atoms with Crippen molar-refractivity contribution in [1.29, 1.82) is 0 Å². The lowest BCUT2D eigenvalue weighted by atomic mass is 10.1. The summed E-state index contributed by atoms with van der Waals surface area (Å²) >= 11 is 0. The highest BCUT2D eigenvalue weighted by Crippen LogP contribution is 2.34. The summed E-state index contributed by atoms with van der Waals surface area (Å²) in [5, 5.41) is 0. The molecule has 92 valence electrons. The zero-order valence-corrected chi connectivity index (χ0v) is 9.98. The number of rotatable bonds is 5. The van der Waals surface area contributed by atoms with Gasteiger partial charge >= 0.3 is 5.97 Å². The molecule has 0 aliphatic rings. The van der Waals surface area contributed by atoms with E-state index in [4.69, 9.17) is 18.9 Å². The molecule has 5 heteroatoms. The van der Waals surface area contributed by atoms with Crippen LogP contribution in [0.4, 0.5) is 0 Å². The van der Waals surface area contributed by atoms with Gasteiger partial charge in [0.15, 0.2) is 0 Å². The largest absolute Gasteiger partial charge is 0.496 e. The first-order chi connectivity index (χ1) is 8.17. The van der Waals surface area contributed by atoms with E-state index in [0.29, 0.717) is 17.2 Å². The zero-order chi connectivity index (χ0) is 12.8. The highest BCUT2D eigenvalue weighted by Gasteiger charge is 2.21. The van der Waals surface area contributed by atoms with Gasteiger partial charge in [-0.3, -0.25) is 0 Å². The summed E-state index contributed by atoms with van der Waals surface area (Å²) in [6.07, 6.45) is 1.05. The Morgan fingerprint density at radius 2 is 1.65 bits per heavy atom. The quantitative estimate of drug-likeness (QED) is 0.580. The highest BCUT2D eigenvalue weighted by molar-refractivity contribution is 5.96. The maximum absolute atomic E-state index is 11.7. The van der Waals surface area contributed by atoms with Crippen molar-refractivity contribution in [2.24, 2.45) is 0 Å². The lowest BCUT2D eigenvalue weighted by Gasteiger charge is -2.13. The molecule has 0 aliphatic heterocycles. The van der Waals surface area contributed by atoms with Crippen LogP contribution in [0.3, 0.4) is 0 Å². The van der Waals surface area contributed by atoms with Crippen LogP contribution in [0.2, 0.25) is 0 Å². The van der Waals surface area contributed by atoms with Crippen LogP contribution in [0.15, 0.2) is 25.0 Å². The lowest BCUT2D eigenvalue weighted by molar-refractivity contribution is 0.0656. The second-order valence-corrected chi connectivity index (χ2v) is 2.98. The fraction of sp³-hybridized carbons (Fsp3) is 0.250. The van der Waals surface area contributed by atoms with Gasteiger partial charge in [0.05, 0.1) is 27.6 Å². The van der Waals surface area contributed by atoms with Crippen molar-refractivity contribution in [3.05, 3.63) is 30.5 Å². The molecule has 17 heavy (non-hydrogen) atoms. The van der Waals surface area contributed by atoms with Gasteiger partial charge < -0.3 is 18.9 Å². The Morgan fingerprint density at radius 1 is 1.12 bits per heavy atom. The van der Waals surface area contributed by atoms with Crippen LogP contribution in [0.1, 0.15) is 10.4 Å². The minimum atomic E-state index is -0.601. The Labute approximate surface area is 99.5 Å². The SMILES string of the molecule is C=COC(=O)c1c(OC)cc(OC)cc1OC. The summed E-state index contributed by atoms with van der Waals surface area (Å²) in [6.45, 7) is 3.32. The van der Waals surface area contributed by atoms with Gasteiger partial charge in [0.2, 0.25) is 0 Å². The summed E-state index contributed by atoms with van der Waals surface area (Å²) in [5.41, 5.74) is 0.190. The first-order valence-electron chi connectivity index (χ1n) is 4.79. The maximum Gasteiger partial charge on any atom is 0.350 e. The van der Waals surface area contributed by atoms with E-state index in [1.165, 1.54) is 21.3 Å². The Kier molecular flexibility index (Phi) is 4.39. The number of benzene rings is 1. The van der Waals surface area contributed by atoms with Crippen molar-refractivity contribution in [1.82, 2.24) is 0 Å². The Balaban J connectivity index is 3.33. The molecule has 0 atom stereocenters. The Morgan fingerprint density at radius 3 is 2.00 bits per heavy atom. The van der Waals surface area contributed by atoms with Crippen molar-refractivity contribution in [2.45, 2.75) is 0 Å². The molecule has 0 amide bonds. The molecule has 1 rings (SSSR count). The molecule has 0 radical (unpaired) electrons. The molecule has 5 nitrogen and oxygen atoms in total. The van der Waals surface area contributed by atoms with Gasteiger partial charge in [-0.1, -0.05) is 6.58 Å². The average molecular weight is 238 g/mol. The monoisotopic (exact) mass is 238 g/mol. The molecule has 1 aromatic rings. The Bertz CT molecular complexity index is 400. The van der Waals surface area contributed by atoms with E-state index >= 15 is 0 Å². The lowest BCUT2D eigenvalue weighted by Crippen LogP contribution is -2.06. The van der Waals surface area contributed by atoms with Crippen molar-refractivity contribution < 1.29 is 23.7 Å². The molecule has 0 heterocycles. The number of esters is 1. The smallest absolute Gasteiger partial charge is 0.350 e. The van der Waals surface area contributed by atoms with Gasteiger partial charge in [-0.25, -0.2) is 4.79 Å². The van der Waals surface area contributed by atoms with Crippen molar-refractivity contribution in [3.63, 3.8) is 0 Å². The summed E-state index contributed by atoms with van der Waals surface area (Å²) < 4.78 is 20.0. The summed E-state index contributed by atoms with van der Waals surface area (Å²) in [5.74, 6) is 0.548. The standard InChI is InChI=1S/C12H14O5/c1-5-17-12(13)11-9(15-3)6-8(14-2)7-10(11)16-4/h5-7H,1H2,2-4H3. The minimum absolute atomic E-state index is 0.190. The third-order valence-electron chi connectivity index (χ3n) is 2.11. The van der Waals surface area contributed by atoms with Gasteiger partial charge in [-0.15, -0.1) is 0 Å². The van der Waals surface area contributed by atoms with Crippen LogP contribution in [0.25, 0.3) is 0 Å². The zero-order valence-electron chi connectivity index (χ0n) is 9.98. The number of hydrogen-bond donors (Lipinski definition) is 0. The van der Waals surface area contributed by atoms with E-state index in [0.717, 1.165) is 6.26 Å². The highest BCUT2D eigenvalue weighted by atomic mass is 16.5. The molecule has 0 spiro atoms. The number of ether oxygens (including phenoxy) is 4. The fourth-order valence-corrected chi connectivity index (χ4v) is 1.34. The number of methoxy groups -OCH3 is 3. The molecule has 0 aromatic heterocycles. The summed E-state index contributed by atoms with van der Waals surface area (Å²) in [7, 11) is 4.40. The number of carbonyl (C=O) groups excluding carboxylic acids is 1. The summed E-state index contributed by atoms with van der Waals surface area (Å²) in [6, 6.07) is 3.14. The minimum Gasteiger partial charge on any atom is -0.496 e. The van der Waals surface area contributed by atoms with Crippen molar-refractivity contribution in [2.75, 3.05) is 21.3 Å². The van der Waals surface area contributed by atoms with Gasteiger partial charge in [-0.05, 0) is 0 Å². The maximum atomic E-state index is 11.7. The van der Waals surface area contributed by atoms with Gasteiger partial charge in [0.1, 0.15) is 22.8 Å². The molecular formula is C12H14O5. The van der Waals surface area contributed by atoms with E-state index in [9.17, 15) is 4.79 Å². The molecular weight excluding hydrogens is 224 g/mol. The van der Waals surface area contributed by atoms with E-state index in [-0.39, 0.29) is 5.56 Å². The molecule has 0 N–H and O–H groups in total. The third-order valence-corrected chi connectivity index (χ3v) is 2.11. The molecule has 1 aromatic carbocycles. The summed E-state index contributed by atoms with van der Waals surface area (Å²) in [4.78, 5) is 11.7. The van der Waals surface area contributed by atoms with E-state index in [1.807, 2.05) is 0 Å². The predicted octanol–water partition coefficient (Wildman–Crippen LogP) is 2.01.